The van der Waals surface area contributed by atoms with Crippen molar-refractivity contribution in [2.24, 2.45) is 5.92 Å². The van der Waals surface area contributed by atoms with E-state index in [0.29, 0.717) is 16.7 Å². The van der Waals surface area contributed by atoms with E-state index in [4.69, 9.17) is 0 Å². The van der Waals surface area contributed by atoms with Gasteiger partial charge in [0, 0.05) is 24.4 Å². The van der Waals surface area contributed by atoms with Crippen LogP contribution in [0.5, 0.6) is 0 Å². The Morgan fingerprint density at radius 2 is 1.89 bits per heavy atom. The van der Waals surface area contributed by atoms with Gasteiger partial charge in [-0.3, -0.25) is 14.5 Å². The monoisotopic (exact) mass is 385 g/mol. The quantitative estimate of drug-likeness (QED) is 0.665. The Kier molecular flexibility index (Phi) is 7.73. The summed E-state index contributed by atoms with van der Waals surface area (Å²) in [5, 5.41) is 5.38. The molecule has 144 valence electrons. The molecule has 0 spiro atoms. The third-order valence-corrected chi connectivity index (χ3v) is 4.85. The lowest BCUT2D eigenvalue weighted by Gasteiger charge is -2.17. The van der Waals surface area contributed by atoms with Gasteiger partial charge in [-0.2, -0.15) is 0 Å². The van der Waals surface area contributed by atoms with Crippen LogP contribution < -0.4 is 10.2 Å². The van der Waals surface area contributed by atoms with E-state index in [-0.39, 0.29) is 17.9 Å². The molecule has 27 heavy (non-hydrogen) atoms. The van der Waals surface area contributed by atoms with E-state index in [0.717, 1.165) is 18.5 Å². The molecule has 1 aromatic carbocycles. The predicted molar refractivity (Wildman–Crippen MR) is 112 cm³/mol. The molecule has 0 saturated heterocycles. The maximum atomic E-state index is 12.1. The first kappa shape index (κ1) is 20.8. The zero-order chi connectivity index (χ0) is 19.8. The first-order valence-electron chi connectivity index (χ1n) is 9.16. The van der Waals surface area contributed by atoms with Gasteiger partial charge in [-0.25, -0.2) is 4.98 Å². The summed E-state index contributed by atoms with van der Waals surface area (Å²) in [6, 6.07) is 9.53. The van der Waals surface area contributed by atoms with Crippen molar-refractivity contribution in [2.75, 3.05) is 4.90 Å². The molecule has 0 aliphatic rings. The number of benzene rings is 1. The van der Waals surface area contributed by atoms with Crippen molar-refractivity contribution in [2.45, 2.75) is 46.6 Å². The molecule has 0 bridgehead atoms. The highest BCUT2D eigenvalue weighted by Crippen LogP contribution is 2.28. The molecule has 0 aliphatic heterocycles. The van der Waals surface area contributed by atoms with E-state index in [1.165, 1.54) is 24.3 Å². The topological polar surface area (TPSA) is 62.3 Å². The number of nitrogens with one attached hydrogen (secondary N) is 1. The number of aromatic nitrogens is 1. The molecular formula is C21H27N3O2S. The van der Waals surface area contributed by atoms with E-state index in [2.05, 4.69) is 24.1 Å². The maximum absolute atomic E-state index is 12.1. The standard InChI is InChI=1S/C21H27N3O2S/c1-15(2)10-11-16(3)22-20(26)13-12-18-14-27-21(23-18)24(17(4)25)19-8-6-5-7-9-19/h5-9,12-16H,10-11H2,1-4H3,(H,22,26)/b13-12+. The Morgan fingerprint density at radius 1 is 1.19 bits per heavy atom. The molecule has 0 saturated carbocycles. The second kappa shape index (κ2) is 10.0. The van der Waals surface area contributed by atoms with Gasteiger partial charge >= 0.3 is 0 Å². The molecule has 1 unspecified atom stereocenters. The second-order valence-electron chi connectivity index (χ2n) is 6.96. The van der Waals surface area contributed by atoms with Crippen LogP contribution in [0.4, 0.5) is 10.8 Å². The molecule has 2 rings (SSSR count). The van der Waals surface area contributed by atoms with Gasteiger partial charge in [-0.05, 0) is 43.9 Å². The highest BCUT2D eigenvalue weighted by atomic mass is 32.1. The van der Waals surface area contributed by atoms with Crippen LogP contribution in [-0.2, 0) is 9.59 Å². The zero-order valence-corrected chi connectivity index (χ0v) is 17.1. The number of para-hydroxylation sites is 1. The summed E-state index contributed by atoms with van der Waals surface area (Å²) in [4.78, 5) is 30.2. The summed E-state index contributed by atoms with van der Waals surface area (Å²) < 4.78 is 0. The Balaban J connectivity index is 2.01. The minimum Gasteiger partial charge on any atom is -0.350 e. The lowest BCUT2D eigenvalue weighted by Crippen LogP contribution is -2.31. The fourth-order valence-electron chi connectivity index (χ4n) is 2.57. The van der Waals surface area contributed by atoms with Gasteiger partial charge in [0.1, 0.15) is 0 Å². The number of amides is 2. The lowest BCUT2D eigenvalue weighted by atomic mass is 10.0. The smallest absolute Gasteiger partial charge is 0.244 e. The Morgan fingerprint density at radius 3 is 2.52 bits per heavy atom. The fourth-order valence-corrected chi connectivity index (χ4v) is 3.42. The molecule has 2 aromatic rings. The van der Waals surface area contributed by atoms with Gasteiger partial charge < -0.3 is 5.32 Å². The minimum atomic E-state index is -0.132. The average molecular weight is 386 g/mol. The molecule has 0 radical (unpaired) electrons. The van der Waals surface area contributed by atoms with E-state index < -0.39 is 0 Å². The summed E-state index contributed by atoms with van der Waals surface area (Å²) in [5.74, 6) is 0.386. The molecule has 1 aromatic heterocycles. The molecule has 5 nitrogen and oxygen atoms in total. The molecular weight excluding hydrogens is 358 g/mol. The van der Waals surface area contributed by atoms with E-state index in [1.807, 2.05) is 42.6 Å². The van der Waals surface area contributed by atoms with E-state index in [9.17, 15) is 9.59 Å². The molecule has 0 aliphatic carbocycles. The van der Waals surface area contributed by atoms with Gasteiger partial charge in [-0.15, -0.1) is 11.3 Å². The van der Waals surface area contributed by atoms with Crippen molar-refractivity contribution in [3.63, 3.8) is 0 Å². The van der Waals surface area contributed by atoms with Gasteiger partial charge in [0.25, 0.3) is 0 Å². The molecule has 1 heterocycles. The van der Waals surface area contributed by atoms with Crippen molar-refractivity contribution in [1.82, 2.24) is 10.3 Å². The Labute approximate surface area is 165 Å². The van der Waals surface area contributed by atoms with Crippen molar-refractivity contribution < 1.29 is 9.59 Å². The highest BCUT2D eigenvalue weighted by Gasteiger charge is 2.17. The number of hydrogen-bond acceptors (Lipinski definition) is 4. The maximum Gasteiger partial charge on any atom is 0.244 e. The number of hydrogen-bond donors (Lipinski definition) is 1. The van der Waals surface area contributed by atoms with Gasteiger partial charge in [0.05, 0.1) is 11.4 Å². The van der Waals surface area contributed by atoms with Crippen LogP contribution in [-0.4, -0.2) is 22.8 Å². The molecule has 0 fully saturated rings. The largest absolute Gasteiger partial charge is 0.350 e. The van der Waals surface area contributed by atoms with Crippen LogP contribution in [0.1, 0.15) is 46.2 Å². The van der Waals surface area contributed by atoms with Crippen LogP contribution in [0.2, 0.25) is 0 Å². The number of anilines is 2. The first-order chi connectivity index (χ1) is 12.9. The van der Waals surface area contributed by atoms with Gasteiger partial charge in [0.15, 0.2) is 5.13 Å². The van der Waals surface area contributed by atoms with Gasteiger partial charge in [-0.1, -0.05) is 32.0 Å². The van der Waals surface area contributed by atoms with Crippen LogP contribution in [0.15, 0.2) is 41.8 Å². The van der Waals surface area contributed by atoms with Crippen molar-refractivity contribution in [3.05, 3.63) is 47.5 Å². The number of nitrogens with zero attached hydrogens (tertiary/aromatic N) is 2. The molecule has 6 heteroatoms. The first-order valence-corrected chi connectivity index (χ1v) is 10.0. The van der Waals surface area contributed by atoms with Crippen molar-refractivity contribution in [1.29, 1.82) is 0 Å². The van der Waals surface area contributed by atoms with Crippen molar-refractivity contribution in [3.8, 4) is 0 Å². The normalized spacial score (nSPS) is 12.3. The Hall–Kier alpha value is -2.47. The van der Waals surface area contributed by atoms with Crippen molar-refractivity contribution >= 4 is 40.0 Å². The minimum absolute atomic E-state index is 0.109. The third-order valence-electron chi connectivity index (χ3n) is 4.00. The van der Waals surface area contributed by atoms with Crippen LogP contribution >= 0.6 is 11.3 Å². The lowest BCUT2D eigenvalue weighted by molar-refractivity contribution is -0.117. The Bertz CT molecular complexity index is 784. The van der Waals surface area contributed by atoms with Crippen LogP contribution in [0.25, 0.3) is 6.08 Å². The highest BCUT2D eigenvalue weighted by molar-refractivity contribution is 7.14. The fraction of sp³-hybridized carbons (Fsp3) is 0.381. The summed E-state index contributed by atoms with van der Waals surface area (Å²) in [7, 11) is 0. The van der Waals surface area contributed by atoms with E-state index in [1.54, 1.807) is 11.0 Å². The summed E-state index contributed by atoms with van der Waals surface area (Å²) in [6.45, 7) is 7.87. The number of carbonyl (C=O) groups is 2. The molecule has 1 N–H and O–H groups in total. The number of rotatable bonds is 8. The number of thiazole rings is 1. The summed E-state index contributed by atoms with van der Waals surface area (Å²) in [6.07, 6.45) is 5.21. The molecule has 2 amide bonds. The third kappa shape index (κ3) is 6.64. The summed E-state index contributed by atoms with van der Waals surface area (Å²) in [5.41, 5.74) is 1.42. The summed E-state index contributed by atoms with van der Waals surface area (Å²) >= 11 is 1.37. The van der Waals surface area contributed by atoms with E-state index >= 15 is 0 Å². The van der Waals surface area contributed by atoms with Crippen LogP contribution in [0, 0.1) is 5.92 Å². The predicted octanol–water partition coefficient (Wildman–Crippen LogP) is 4.78. The average Bonchev–Trinajstić information content (AvgIpc) is 3.07. The molecule has 1 atom stereocenters. The SMILES string of the molecule is CC(=O)N(c1ccccc1)c1nc(/C=C/C(=O)NC(C)CCC(C)C)cs1. The zero-order valence-electron chi connectivity index (χ0n) is 16.3. The van der Waals surface area contributed by atoms with Crippen LogP contribution in [0.3, 0.4) is 0 Å². The number of carbonyl (C=O) groups excluding carboxylic acids is 2. The van der Waals surface area contributed by atoms with Gasteiger partial charge in [0.2, 0.25) is 11.8 Å². The second-order valence-corrected chi connectivity index (χ2v) is 7.80.